The van der Waals surface area contributed by atoms with E-state index in [-0.39, 0.29) is 0 Å². The highest BCUT2D eigenvalue weighted by Crippen LogP contribution is 2.25. The summed E-state index contributed by atoms with van der Waals surface area (Å²) >= 11 is 3.61. The molecule has 0 saturated heterocycles. The Morgan fingerprint density at radius 1 is 1.10 bits per heavy atom. The first-order valence-corrected chi connectivity index (χ1v) is 8.26. The molecule has 0 unspecified atom stereocenters. The summed E-state index contributed by atoms with van der Waals surface area (Å²) in [6.45, 7) is 9.56. The van der Waals surface area contributed by atoms with E-state index in [1.807, 2.05) is 0 Å². The maximum absolute atomic E-state index is 3.61. The van der Waals surface area contributed by atoms with Gasteiger partial charge in [0.05, 0.1) is 0 Å². The van der Waals surface area contributed by atoms with E-state index in [0.717, 1.165) is 37.2 Å². The minimum atomic E-state index is 0.932. The molecule has 20 heavy (non-hydrogen) atoms. The molecule has 0 amide bonds. The molecule has 1 aromatic carbocycles. The Morgan fingerprint density at radius 3 is 2.45 bits per heavy atom. The van der Waals surface area contributed by atoms with Crippen LogP contribution in [0.15, 0.2) is 22.7 Å². The monoisotopic (exact) mass is 341 g/mol. The van der Waals surface area contributed by atoms with Crippen LogP contribution in [0.5, 0.6) is 0 Å². The predicted molar refractivity (Wildman–Crippen MR) is 92.6 cm³/mol. The Bertz CT molecular complexity index is 393. The molecular weight excluding hydrogens is 314 g/mol. The van der Waals surface area contributed by atoms with Gasteiger partial charge < -0.3 is 15.1 Å². The summed E-state index contributed by atoms with van der Waals surface area (Å²) in [6.07, 6.45) is 1.17. The first kappa shape index (κ1) is 17.5. The summed E-state index contributed by atoms with van der Waals surface area (Å²) in [5.74, 6) is 0. The quantitative estimate of drug-likeness (QED) is 0.743. The largest absolute Gasteiger partial charge is 0.370 e. The van der Waals surface area contributed by atoms with Gasteiger partial charge in [0, 0.05) is 36.3 Å². The Labute approximate surface area is 132 Å². The summed E-state index contributed by atoms with van der Waals surface area (Å²) in [6, 6.07) is 6.60. The van der Waals surface area contributed by atoms with Gasteiger partial charge in [0.25, 0.3) is 0 Å². The molecule has 0 aromatic heterocycles. The lowest BCUT2D eigenvalue weighted by Gasteiger charge is -2.28. The van der Waals surface area contributed by atoms with Crippen LogP contribution in [0.2, 0.25) is 0 Å². The van der Waals surface area contributed by atoms with Crippen molar-refractivity contribution < 1.29 is 0 Å². The minimum absolute atomic E-state index is 0.932. The first-order chi connectivity index (χ1) is 9.58. The number of anilines is 1. The third-order valence-electron chi connectivity index (χ3n) is 3.26. The fourth-order valence-electron chi connectivity index (χ4n) is 2.18. The molecule has 4 heteroatoms. The fourth-order valence-corrected chi connectivity index (χ4v) is 2.53. The number of likely N-dealkylation sites (N-methyl/N-ethyl adjacent to an activating group) is 1. The molecule has 1 N–H and O–H groups in total. The summed E-state index contributed by atoms with van der Waals surface area (Å²) in [4.78, 5) is 4.74. The van der Waals surface area contributed by atoms with Crippen molar-refractivity contribution in [1.29, 1.82) is 0 Å². The van der Waals surface area contributed by atoms with E-state index in [1.54, 1.807) is 0 Å². The van der Waals surface area contributed by atoms with Gasteiger partial charge in [-0.15, -0.1) is 0 Å². The van der Waals surface area contributed by atoms with Crippen molar-refractivity contribution in [2.24, 2.45) is 0 Å². The topological polar surface area (TPSA) is 18.5 Å². The zero-order valence-electron chi connectivity index (χ0n) is 13.2. The molecule has 1 rings (SSSR count). The molecule has 0 saturated carbocycles. The molecule has 1 aromatic rings. The highest BCUT2D eigenvalue weighted by Gasteiger charge is 2.11. The zero-order chi connectivity index (χ0) is 15.0. The van der Waals surface area contributed by atoms with Gasteiger partial charge in [0.15, 0.2) is 0 Å². The van der Waals surface area contributed by atoms with Gasteiger partial charge in [-0.1, -0.05) is 35.8 Å². The SMILES string of the molecule is CCCN(CCN(C)C)c1cc(Br)ccc1CNCC. The number of rotatable bonds is 9. The molecule has 0 aliphatic rings. The average Bonchev–Trinajstić information content (AvgIpc) is 2.42. The first-order valence-electron chi connectivity index (χ1n) is 7.47. The van der Waals surface area contributed by atoms with E-state index in [9.17, 15) is 0 Å². The van der Waals surface area contributed by atoms with E-state index in [4.69, 9.17) is 0 Å². The van der Waals surface area contributed by atoms with Crippen LogP contribution in [0.4, 0.5) is 5.69 Å². The Hall–Kier alpha value is -0.580. The molecule has 0 fully saturated rings. The summed E-state index contributed by atoms with van der Waals surface area (Å²) < 4.78 is 1.15. The lowest BCUT2D eigenvalue weighted by molar-refractivity contribution is 0.412. The number of hydrogen-bond donors (Lipinski definition) is 1. The second kappa shape index (κ2) is 9.37. The number of nitrogens with one attached hydrogen (secondary N) is 1. The molecule has 3 nitrogen and oxygen atoms in total. The van der Waals surface area contributed by atoms with Crippen molar-refractivity contribution in [3.05, 3.63) is 28.2 Å². The van der Waals surface area contributed by atoms with Crippen LogP contribution >= 0.6 is 15.9 Å². The van der Waals surface area contributed by atoms with E-state index >= 15 is 0 Å². The molecule has 0 aliphatic carbocycles. The lowest BCUT2D eigenvalue weighted by atomic mass is 10.1. The van der Waals surface area contributed by atoms with Crippen molar-refractivity contribution >= 4 is 21.6 Å². The molecule has 0 atom stereocenters. The molecular formula is C16H28BrN3. The number of halogens is 1. The molecule has 0 bridgehead atoms. The maximum Gasteiger partial charge on any atom is 0.0423 e. The number of hydrogen-bond acceptors (Lipinski definition) is 3. The Balaban J connectivity index is 2.93. The smallest absolute Gasteiger partial charge is 0.0423 e. The highest BCUT2D eigenvalue weighted by molar-refractivity contribution is 9.10. The number of nitrogens with zero attached hydrogens (tertiary/aromatic N) is 2. The van der Waals surface area contributed by atoms with Gasteiger partial charge in [-0.25, -0.2) is 0 Å². The molecule has 114 valence electrons. The van der Waals surface area contributed by atoms with E-state index in [0.29, 0.717) is 0 Å². The van der Waals surface area contributed by atoms with Gasteiger partial charge in [0.2, 0.25) is 0 Å². The van der Waals surface area contributed by atoms with Crippen LogP contribution < -0.4 is 10.2 Å². The Morgan fingerprint density at radius 2 is 1.85 bits per heavy atom. The lowest BCUT2D eigenvalue weighted by Crippen LogP contribution is -2.33. The summed E-state index contributed by atoms with van der Waals surface area (Å²) in [7, 11) is 4.26. The van der Waals surface area contributed by atoms with Gasteiger partial charge in [-0.05, 0) is 44.8 Å². The van der Waals surface area contributed by atoms with Gasteiger partial charge in [-0.2, -0.15) is 0 Å². The van der Waals surface area contributed by atoms with E-state index in [1.165, 1.54) is 17.7 Å². The van der Waals surface area contributed by atoms with E-state index < -0.39 is 0 Å². The molecule has 0 radical (unpaired) electrons. The average molecular weight is 342 g/mol. The van der Waals surface area contributed by atoms with Crippen LogP contribution in [0.3, 0.4) is 0 Å². The van der Waals surface area contributed by atoms with Gasteiger partial charge in [-0.3, -0.25) is 0 Å². The van der Waals surface area contributed by atoms with Crippen LogP contribution in [0, 0.1) is 0 Å². The second-order valence-electron chi connectivity index (χ2n) is 5.34. The molecule has 0 spiro atoms. The van der Waals surface area contributed by atoms with Gasteiger partial charge >= 0.3 is 0 Å². The summed E-state index contributed by atoms with van der Waals surface area (Å²) in [5.41, 5.74) is 2.73. The van der Waals surface area contributed by atoms with Crippen LogP contribution in [0.1, 0.15) is 25.8 Å². The van der Waals surface area contributed by atoms with E-state index in [2.05, 4.69) is 77.2 Å². The van der Waals surface area contributed by atoms with Crippen molar-refractivity contribution in [1.82, 2.24) is 10.2 Å². The summed E-state index contributed by atoms with van der Waals surface area (Å²) in [5, 5.41) is 3.43. The third-order valence-corrected chi connectivity index (χ3v) is 3.76. The highest BCUT2D eigenvalue weighted by atomic mass is 79.9. The zero-order valence-corrected chi connectivity index (χ0v) is 14.8. The van der Waals surface area contributed by atoms with Crippen LogP contribution in [-0.4, -0.2) is 45.2 Å². The second-order valence-corrected chi connectivity index (χ2v) is 6.26. The molecule has 0 aliphatic heterocycles. The van der Waals surface area contributed by atoms with Crippen LogP contribution in [0.25, 0.3) is 0 Å². The third kappa shape index (κ3) is 5.81. The minimum Gasteiger partial charge on any atom is -0.370 e. The van der Waals surface area contributed by atoms with Crippen molar-refractivity contribution in [2.45, 2.75) is 26.8 Å². The maximum atomic E-state index is 3.61. The van der Waals surface area contributed by atoms with Crippen LogP contribution in [-0.2, 0) is 6.54 Å². The van der Waals surface area contributed by atoms with Gasteiger partial charge in [0.1, 0.15) is 0 Å². The predicted octanol–water partition coefficient (Wildman–Crippen LogP) is 3.34. The Kier molecular flexibility index (Phi) is 8.19. The van der Waals surface area contributed by atoms with Crippen molar-refractivity contribution in [3.63, 3.8) is 0 Å². The standard InChI is InChI=1S/C16H28BrN3/c1-5-9-20(11-10-19(3)4)16-12-15(17)8-7-14(16)13-18-6-2/h7-8,12,18H,5-6,9-11,13H2,1-4H3. The van der Waals surface area contributed by atoms with Crippen molar-refractivity contribution in [3.8, 4) is 0 Å². The van der Waals surface area contributed by atoms with Crippen molar-refractivity contribution in [2.75, 3.05) is 45.2 Å². The molecule has 0 heterocycles. The number of benzene rings is 1. The fraction of sp³-hybridized carbons (Fsp3) is 0.625. The normalized spacial score (nSPS) is 11.1.